The van der Waals surface area contributed by atoms with E-state index < -0.39 is 16.6 Å². The number of carbonyl (C=O) groups excluding carboxylic acids is 2. The highest BCUT2D eigenvalue weighted by Crippen LogP contribution is 2.29. The number of nitro groups is 1. The molecule has 1 atom stereocenters. The van der Waals surface area contributed by atoms with Crippen molar-refractivity contribution in [1.29, 1.82) is 0 Å². The van der Waals surface area contributed by atoms with E-state index in [0.717, 1.165) is 0 Å². The number of rotatable bonds is 9. The number of carbonyl (C=O) groups is 2. The molecule has 0 spiro atoms. The van der Waals surface area contributed by atoms with Crippen LogP contribution < -0.4 is 10.2 Å². The van der Waals surface area contributed by atoms with Crippen LogP contribution in [0.4, 0.5) is 15.8 Å². The first-order valence-corrected chi connectivity index (χ1v) is 10.9. The molecule has 0 saturated carbocycles. The van der Waals surface area contributed by atoms with Crippen molar-refractivity contribution in [2.24, 2.45) is 0 Å². The van der Waals surface area contributed by atoms with Gasteiger partial charge in [0, 0.05) is 37.8 Å². The van der Waals surface area contributed by atoms with Gasteiger partial charge in [-0.15, -0.1) is 0 Å². The first kappa shape index (κ1) is 25.5. The Morgan fingerprint density at radius 2 is 1.66 bits per heavy atom. The summed E-state index contributed by atoms with van der Waals surface area (Å²) < 4.78 is 13.7. The van der Waals surface area contributed by atoms with E-state index in [1.807, 2.05) is 19.0 Å². The quantitative estimate of drug-likeness (QED) is 0.283. The molecule has 8 nitrogen and oxygen atoms in total. The van der Waals surface area contributed by atoms with Gasteiger partial charge in [-0.25, -0.2) is 4.39 Å². The normalized spacial score (nSPS) is 11.7. The summed E-state index contributed by atoms with van der Waals surface area (Å²) in [6.07, 6.45) is 0. The van der Waals surface area contributed by atoms with Gasteiger partial charge >= 0.3 is 0 Å². The molecule has 0 aliphatic heterocycles. The largest absolute Gasteiger partial charge is 0.372 e. The molecular formula is C26H27FN4O4. The fraction of sp³-hybridized carbons (Fsp3) is 0.231. The molecule has 0 aromatic heterocycles. The van der Waals surface area contributed by atoms with Crippen LogP contribution in [0.1, 0.15) is 37.9 Å². The Kier molecular flexibility index (Phi) is 7.93. The maximum Gasteiger partial charge on any atom is 0.293 e. The zero-order chi connectivity index (χ0) is 25.7. The minimum Gasteiger partial charge on any atom is -0.372 e. The number of anilines is 1. The lowest BCUT2D eigenvalue weighted by Gasteiger charge is -2.25. The SMILES string of the molecule is CN(C)c1ccc(C(=O)c2ccccc2C(=O)NCC(c2cccc(F)c2)N(C)C)cc1[N+](=O)[O-]. The summed E-state index contributed by atoms with van der Waals surface area (Å²) in [5, 5.41) is 14.4. The molecule has 0 heterocycles. The number of hydrogen-bond donors (Lipinski definition) is 1. The number of nitro benzene ring substituents is 1. The van der Waals surface area contributed by atoms with E-state index in [1.54, 1.807) is 43.3 Å². The van der Waals surface area contributed by atoms with Crippen LogP contribution >= 0.6 is 0 Å². The molecule has 0 saturated heterocycles. The second kappa shape index (κ2) is 10.9. The lowest BCUT2D eigenvalue weighted by atomic mass is 9.97. The Balaban J connectivity index is 1.87. The van der Waals surface area contributed by atoms with Crippen molar-refractivity contribution < 1.29 is 18.9 Å². The Morgan fingerprint density at radius 1 is 0.971 bits per heavy atom. The highest BCUT2D eigenvalue weighted by molar-refractivity contribution is 6.15. The van der Waals surface area contributed by atoms with Crippen molar-refractivity contribution in [2.75, 3.05) is 39.6 Å². The second-order valence-electron chi connectivity index (χ2n) is 8.47. The van der Waals surface area contributed by atoms with Gasteiger partial charge in [-0.05, 0) is 50.0 Å². The van der Waals surface area contributed by atoms with Gasteiger partial charge in [-0.1, -0.05) is 30.3 Å². The maximum absolute atomic E-state index is 13.7. The van der Waals surface area contributed by atoms with E-state index in [0.29, 0.717) is 11.3 Å². The molecule has 3 rings (SSSR count). The number of ketones is 1. The molecule has 1 N–H and O–H groups in total. The Labute approximate surface area is 203 Å². The molecule has 0 radical (unpaired) electrons. The number of likely N-dealkylation sites (N-methyl/N-ethyl adjacent to an activating group) is 1. The van der Waals surface area contributed by atoms with Gasteiger partial charge < -0.3 is 15.1 Å². The third kappa shape index (κ3) is 5.88. The molecule has 9 heteroatoms. The summed E-state index contributed by atoms with van der Waals surface area (Å²) in [6, 6.07) is 16.4. The minimum atomic E-state index is -0.543. The first-order valence-electron chi connectivity index (χ1n) is 10.9. The van der Waals surface area contributed by atoms with E-state index in [-0.39, 0.29) is 40.8 Å². The van der Waals surface area contributed by atoms with Crippen LogP contribution in [0.2, 0.25) is 0 Å². The van der Waals surface area contributed by atoms with Crippen molar-refractivity contribution >= 4 is 23.1 Å². The Bertz CT molecular complexity index is 1260. The van der Waals surface area contributed by atoms with Gasteiger partial charge in [-0.2, -0.15) is 0 Å². The number of benzene rings is 3. The van der Waals surface area contributed by atoms with E-state index in [2.05, 4.69) is 5.32 Å². The Hall–Kier alpha value is -4.11. The fourth-order valence-electron chi connectivity index (χ4n) is 3.82. The van der Waals surface area contributed by atoms with Gasteiger partial charge in [0.25, 0.3) is 11.6 Å². The average Bonchev–Trinajstić information content (AvgIpc) is 2.83. The standard InChI is InChI=1S/C26H27FN4O4/c1-29(2)22-13-12-18(15-23(22)31(34)35)25(32)20-10-5-6-11-21(20)26(33)28-16-24(30(3)4)17-8-7-9-19(27)14-17/h5-15,24H,16H2,1-4H3,(H,28,33). The van der Waals surface area contributed by atoms with Crippen LogP contribution in [0.25, 0.3) is 0 Å². The topological polar surface area (TPSA) is 95.8 Å². The van der Waals surface area contributed by atoms with Crippen LogP contribution in [0.5, 0.6) is 0 Å². The lowest BCUT2D eigenvalue weighted by Crippen LogP contribution is -2.35. The van der Waals surface area contributed by atoms with E-state index in [9.17, 15) is 24.1 Å². The number of halogens is 1. The number of nitrogens with one attached hydrogen (secondary N) is 1. The van der Waals surface area contributed by atoms with Gasteiger partial charge in [-0.3, -0.25) is 19.7 Å². The second-order valence-corrected chi connectivity index (χ2v) is 8.47. The molecule has 0 bridgehead atoms. The summed E-state index contributed by atoms with van der Waals surface area (Å²) in [5.41, 5.74) is 1.25. The third-order valence-electron chi connectivity index (χ3n) is 5.65. The van der Waals surface area contributed by atoms with Crippen molar-refractivity contribution in [3.63, 3.8) is 0 Å². The minimum absolute atomic E-state index is 0.105. The number of hydrogen-bond acceptors (Lipinski definition) is 6. The zero-order valence-corrected chi connectivity index (χ0v) is 20.0. The first-order chi connectivity index (χ1) is 16.6. The van der Waals surface area contributed by atoms with Gasteiger partial charge in [0.1, 0.15) is 11.5 Å². The molecule has 0 fully saturated rings. The molecule has 182 valence electrons. The van der Waals surface area contributed by atoms with Crippen molar-refractivity contribution in [3.8, 4) is 0 Å². The summed E-state index contributed by atoms with van der Waals surface area (Å²) in [6.45, 7) is 0.181. The highest BCUT2D eigenvalue weighted by Gasteiger charge is 2.23. The van der Waals surface area contributed by atoms with Gasteiger partial charge in [0.2, 0.25) is 0 Å². The monoisotopic (exact) mass is 478 g/mol. The third-order valence-corrected chi connectivity index (χ3v) is 5.65. The molecule has 1 amide bonds. The molecule has 1 unspecified atom stereocenters. The van der Waals surface area contributed by atoms with E-state index >= 15 is 0 Å². The van der Waals surface area contributed by atoms with Gasteiger partial charge in [0.15, 0.2) is 5.78 Å². The summed E-state index contributed by atoms with van der Waals surface area (Å²) in [4.78, 5) is 40.8. The van der Waals surface area contributed by atoms with Crippen LogP contribution in [0, 0.1) is 15.9 Å². The summed E-state index contributed by atoms with van der Waals surface area (Å²) in [5.74, 6) is -1.35. The van der Waals surface area contributed by atoms with Crippen LogP contribution in [0.3, 0.4) is 0 Å². The van der Waals surface area contributed by atoms with Crippen molar-refractivity contribution in [3.05, 3.63) is 105 Å². The highest BCUT2D eigenvalue weighted by atomic mass is 19.1. The van der Waals surface area contributed by atoms with Crippen LogP contribution in [-0.2, 0) is 0 Å². The molecule has 35 heavy (non-hydrogen) atoms. The average molecular weight is 479 g/mol. The Morgan fingerprint density at radius 3 is 2.26 bits per heavy atom. The zero-order valence-electron chi connectivity index (χ0n) is 20.0. The maximum atomic E-state index is 13.7. The fourth-order valence-corrected chi connectivity index (χ4v) is 3.82. The molecule has 3 aromatic carbocycles. The van der Waals surface area contributed by atoms with E-state index in [1.165, 1.54) is 42.5 Å². The molecule has 0 aliphatic rings. The predicted octanol–water partition coefficient (Wildman–Crippen LogP) is 4.06. The van der Waals surface area contributed by atoms with Gasteiger partial charge in [0.05, 0.1) is 16.5 Å². The van der Waals surface area contributed by atoms with Crippen molar-refractivity contribution in [2.45, 2.75) is 6.04 Å². The molecular weight excluding hydrogens is 451 g/mol. The number of nitrogens with zero attached hydrogens (tertiary/aromatic N) is 3. The predicted molar refractivity (Wildman–Crippen MR) is 132 cm³/mol. The van der Waals surface area contributed by atoms with E-state index in [4.69, 9.17) is 0 Å². The summed E-state index contributed by atoms with van der Waals surface area (Å²) in [7, 11) is 7.00. The lowest BCUT2D eigenvalue weighted by molar-refractivity contribution is -0.384. The van der Waals surface area contributed by atoms with Crippen LogP contribution in [-0.4, -0.2) is 56.2 Å². The summed E-state index contributed by atoms with van der Waals surface area (Å²) >= 11 is 0. The van der Waals surface area contributed by atoms with Crippen LogP contribution in [0.15, 0.2) is 66.7 Å². The number of amides is 1. The molecule has 3 aromatic rings. The molecule has 0 aliphatic carbocycles. The van der Waals surface area contributed by atoms with Crippen molar-refractivity contribution in [1.82, 2.24) is 10.2 Å². The smallest absolute Gasteiger partial charge is 0.293 e.